The quantitative estimate of drug-likeness (QED) is 0.374. The molecule has 0 aliphatic heterocycles. The second-order valence-corrected chi connectivity index (χ2v) is 1.22. The van der Waals surface area contributed by atoms with E-state index in [0.29, 0.717) is 0 Å². The maximum Gasteiger partial charge on any atom is 2.00 e. The normalized spacial score (nSPS) is 7.00. The largest absolute Gasteiger partial charge is 2.00 e. The minimum atomic E-state index is -3.11. The molecule has 0 fully saturated rings. The van der Waals surface area contributed by atoms with Crippen LogP contribution in [0.25, 0.3) is 0 Å². The number of hydrogen-bond donors (Lipinski definition) is 0. The van der Waals surface area contributed by atoms with Crippen molar-refractivity contribution in [1.29, 1.82) is 0 Å². The van der Waals surface area contributed by atoms with E-state index in [0.717, 1.165) is 0 Å². The van der Waals surface area contributed by atoms with E-state index >= 15 is 0 Å². The fourth-order valence-electron chi connectivity index (χ4n) is 0. The smallest absolute Gasteiger partial charge is 0.784 e. The summed E-state index contributed by atoms with van der Waals surface area (Å²) in [6, 6.07) is 0. The zero-order chi connectivity index (χ0) is 7.15. The molecule has 2 radical (unpaired) electrons. The van der Waals surface area contributed by atoms with E-state index in [9.17, 15) is 0 Å². The first-order chi connectivity index (χ1) is 3.46. The van der Waals surface area contributed by atoms with E-state index in [1.165, 1.54) is 0 Å². The van der Waals surface area contributed by atoms with Crippen LogP contribution in [0.15, 0.2) is 0 Å². The van der Waals surface area contributed by atoms with Crippen molar-refractivity contribution in [3.05, 3.63) is 0 Å². The molecule has 0 spiro atoms. The molecule has 10 heteroatoms. The SMILES string of the molecule is O=S([O-])[O-].O=S([O-])[O-].[Cu+2].[Cu+2]. The molecule has 70 valence electrons. The van der Waals surface area contributed by atoms with Gasteiger partial charge in [-0.15, -0.1) is 22.7 Å². The van der Waals surface area contributed by atoms with E-state index in [-0.39, 0.29) is 34.1 Å². The van der Waals surface area contributed by atoms with Crippen LogP contribution >= 0.6 is 0 Å². The second-order valence-electron chi connectivity index (χ2n) is 0.408. The van der Waals surface area contributed by atoms with Crippen LogP contribution in [-0.2, 0) is 56.9 Å². The monoisotopic (exact) mass is 286 g/mol. The number of hydrogen-bond acceptors (Lipinski definition) is 6. The Kier molecular flexibility index (Phi) is 37.4. The van der Waals surface area contributed by atoms with Crippen LogP contribution in [0.5, 0.6) is 0 Å². The zero-order valence-electron chi connectivity index (χ0n) is 3.87. The molecule has 0 amide bonds. The van der Waals surface area contributed by atoms with Crippen LogP contribution < -0.4 is 0 Å². The van der Waals surface area contributed by atoms with Crippen molar-refractivity contribution in [3.63, 3.8) is 0 Å². The molecule has 0 heterocycles. The van der Waals surface area contributed by atoms with Crippen LogP contribution in [0.2, 0.25) is 0 Å². The molecule has 0 N–H and O–H groups in total. The molecule has 0 aromatic rings. The summed E-state index contributed by atoms with van der Waals surface area (Å²) >= 11 is -6.22. The Morgan fingerprint density at radius 1 is 0.700 bits per heavy atom. The summed E-state index contributed by atoms with van der Waals surface area (Å²) in [6.45, 7) is 0. The Morgan fingerprint density at radius 3 is 0.700 bits per heavy atom. The molecule has 10 heavy (non-hydrogen) atoms. The first kappa shape index (κ1) is 22.5. The predicted molar refractivity (Wildman–Crippen MR) is 19.4 cm³/mol. The van der Waals surface area contributed by atoms with Crippen molar-refractivity contribution < 1.29 is 60.8 Å². The molecule has 0 aromatic heterocycles. The van der Waals surface area contributed by atoms with Crippen LogP contribution in [0.3, 0.4) is 0 Å². The molecule has 0 saturated heterocycles. The molecule has 0 aromatic carbocycles. The fraction of sp³-hybridized carbons (Fsp3) is 0. The van der Waals surface area contributed by atoms with Crippen molar-refractivity contribution in [3.8, 4) is 0 Å². The van der Waals surface area contributed by atoms with Crippen LogP contribution in [0, 0.1) is 0 Å². The molecule has 0 atom stereocenters. The number of rotatable bonds is 0. The van der Waals surface area contributed by atoms with Crippen molar-refractivity contribution in [2.45, 2.75) is 0 Å². The first-order valence-corrected chi connectivity index (χ1v) is 3.00. The van der Waals surface area contributed by atoms with Crippen molar-refractivity contribution in [2.24, 2.45) is 0 Å². The van der Waals surface area contributed by atoms with Crippen LogP contribution in [-0.4, -0.2) is 26.6 Å². The van der Waals surface area contributed by atoms with Gasteiger partial charge in [0.2, 0.25) is 0 Å². The molecule has 0 rings (SSSR count). The van der Waals surface area contributed by atoms with Crippen molar-refractivity contribution >= 4 is 22.7 Å². The van der Waals surface area contributed by atoms with Crippen molar-refractivity contribution in [1.82, 2.24) is 0 Å². The third kappa shape index (κ3) is 442. The van der Waals surface area contributed by atoms with E-state index in [2.05, 4.69) is 0 Å². The summed E-state index contributed by atoms with van der Waals surface area (Å²) < 4.78 is 50.7. The van der Waals surface area contributed by atoms with E-state index in [1.54, 1.807) is 0 Å². The Bertz CT molecular complexity index is 71.7. The Morgan fingerprint density at radius 2 is 0.700 bits per heavy atom. The summed E-state index contributed by atoms with van der Waals surface area (Å²) in [5.41, 5.74) is 0. The van der Waals surface area contributed by atoms with Crippen LogP contribution in [0.1, 0.15) is 0 Å². The third-order valence-corrected chi connectivity index (χ3v) is 0. The molecule has 0 aliphatic rings. The zero-order valence-corrected chi connectivity index (χ0v) is 7.39. The van der Waals surface area contributed by atoms with E-state index < -0.39 is 22.7 Å². The first-order valence-electron chi connectivity index (χ1n) is 1.00. The van der Waals surface area contributed by atoms with Gasteiger partial charge in [-0.05, 0) is 0 Å². The fourth-order valence-corrected chi connectivity index (χ4v) is 0. The van der Waals surface area contributed by atoms with Gasteiger partial charge in [0.05, 0.1) is 0 Å². The predicted octanol–water partition coefficient (Wildman–Crippen LogP) is -2.01. The molecule has 0 saturated carbocycles. The van der Waals surface area contributed by atoms with E-state index in [1.807, 2.05) is 0 Å². The Hall–Kier alpha value is 1.18. The Labute approximate surface area is 83.3 Å². The maximum atomic E-state index is 8.44. The molecule has 0 bridgehead atoms. The van der Waals surface area contributed by atoms with Crippen LogP contribution in [0.4, 0.5) is 0 Å². The Balaban J connectivity index is -0.0000000300. The second kappa shape index (κ2) is 16.6. The minimum absolute atomic E-state index is 0. The summed E-state index contributed by atoms with van der Waals surface area (Å²) in [5.74, 6) is 0. The van der Waals surface area contributed by atoms with Gasteiger partial charge in [0.15, 0.2) is 0 Å². The molecular formula is Cu2O6S2. The van der Waals surface area contributed by atoms with Gasteiger partial charge in [0.25, 0.3) is 0 Å². The van der Waals surface area contributed by atoms with Gasteiger partial charge >= 0.3 is 34.1 Å². The maximum absolute atomic E-state index is 8.44. The average molecular weight is 287 g/mol. The molecule has 0 aliphatic carbocycles. The summed E-state index contributed by atoms with van der Waals surface area (Å²) in [7, 11) is 0. The third-order valence-electron chi connectivity index (χ3n) is 0. The van der Waals surface area contributed by atoms with Gasteiger partial charge in [0, 0.05) is 0 Å². The average Bonchev–Trinajstić information content (AvgIpc) is 1.25. The van der Waals surface area contributed by atoms with Crippen molar-refractivity contribution in [2.75, 3.05) is 0 Å². The summed E-state index contributed by atoms with van der Waals surface area (Å²) in [6.07, 6.45) is 0. The van der Waals surface area contributed by atoms with Gasteiger partial charge in [-0.25, -0.2) is 0 Å². The van der Waals surface area contributed by atoms with Gasteiger partial charge in [-0.2, -0.15) is 0 Å². The minimum Gasteiger partial charge on any atom is -0.784 e. The van der Waals surface area contributed by atoms with Gasteiger partial charge in [0.1, 0.15) is 0 Å². The summed E-state index contributed by atoms with van der Waals surface area (Å²) in [4.78, 5) is 0. The van der Waals surface area contributed by atoms with Gasteiger partial charge in [-0.3, -0.25) is 8.42 Å². The molecule has 6 nitrogen and oxygen atoms in total. The molecular weight excluding hydrogens is 287 g/mol. The van der Waals surface area contributed by atoms with Gasteiger partial charge in [-0.1, -0.05) is 0 Å². The topological polar surface area (TPSA) is 126 Å². The standard InChI is InChI=1S/2Cu.2H2O3S/c;;2*1-4(2)3/h;;2*(H2,1,2,3)/q2*+2;;/p-4. The van der Waals surface area contributed by atoms with Gasteiger partial charge < -0.3 is 18.2 Å². The summed E-state index contributed by atoms with van der Waals surface area (Å²) in [5, 5.41) is 0. The van der Waals surface area contributed by atoms with E-state index in [4.69, 9.17) is 26.6 Å². The molecule has 0 unspecified atom stereocenters.